The average Bonchev–Trinajstić information content (AvgIpc) is 3.06. The molecule has 2 aromatic carbocycles. The third-order valence-electron chi connectivity index (χ3n) is 3.73. The van der Waals surface area contributed by atoms with Crippen molar-refractivity contribution in [1.82, 2.24) is 15.1 Å². The molecule has 0 fully saturated rings. The van der Waals surface area contributed by atoms with Gasteiger partial charge in [0.05, 0.1) is 11.4 Å². The molecule has 0 radical (unpaired) electrons. The molecule has 0 bridgehead atoms. The largest absolute Gasteiger partial charge is 0.355 e. The summed E-state index contributed by atoms with van der Waals surface area (Å²) < 4.78 is 15.9. The summed E-state index contributed by atoms with van der Waals surface area (Å²) in [5.74, 6) is -0.0432. The number of carbonyl (C=O) groups is 1. The van der Waals surface area contributed by atoms with Crippen molar-refractivity contribution in [3.8, 4) is 5.69 Å². The first-order chi connectivity index (χ1) is 13.1. The van der Waals surface area contributed by atoms with Gasteiger partial charge in [0, 0.05) is 6.54 Å². The fourth-order valence-electron chi connectivity index (χ4n) is 2.41. The van der Waals surface area contributed by atoms with Crippen LogP contribution in [0.4, 0.5) is 4.39 Å². The zero-order chi connectivity index (χ0) is 19.1. The summed E-state index contributed by atoms with van der Waals surface area (Å²) in [6.07, 6.45) is 1.84. The molecule has 8 heteroatoms. The number of rotatable bonds is 8. The molecule has 0 saturated carbocycles. The molecule has 3 rings (SSSR count). The smallest absolute Gasteiger partial charge is 0.230 e. The zero-order valence-corrected chi connectivity index (χ0v) is 16.9. The average molecular weight is 420 g/mol. The number of amides is 1. The van der Waals surface area contributed by atoms with Gasteiger partial charge in [-0.25, -0.2) is 9.07 Å². The number of halogens is 1. The Balaban J connectivity index is 1.44. The molecular weight excluding hydrogens is 401 g/mol. The molecule has 3 aromatic rings. The lowest BCUT2D eigenvalue weighted by molar-refractivity contribution is -0.118. The normalized spacial score (nSPS) is 10.7. The van der Waals surface area contributed by atoms with Crippen molar-refractivity contribution in [2.75, 3.05) is 12.3 Å². The first kappa shape index (κ1) is 19.7. The van der Waals surface area contributed by atoms with Crippen LogP contribution in [0.15, 0.2) is 58.9 Å². The molecule has 0 aliphatic rings. The molecule has 0 spiro atoms. The highest BCUT2D eigenvalue weighted by Gasteiger charge is 2.09. The van der Waals surface area contributed by atoms with Crippen LogP contribution in [0.5, 0.6) is 0 Å². The Kier molecular flexibility index (Phi) is 7.14. The van der Waals surface area contributed by atoms with Gasteiger partial charge in [0.2, 0.25) is 5.91 Å². The van der Waals surface area contributed by atoms with Crippen molar-refractivity contribution in [3.05, 3.63) is 69.9 Å². The second kappa shape index (κ2) is 9.77. The summed E-state index contributed by atoms with van der Waals surface area (Å²) in [6, 6.07) is 16.2. The van der Waals surface area contributed by atoms with Gasteiger partial charge in [-0.2, -0.15) is 0 Å². The van der Waals surface area contributed by atoms with Crippen molar-refractivity contribution in [1.29, 1.82) is 0 Å². The Morgan fingerprint density at radius 3 is 2.67 bits per heavy atom. The molecule has 0 aliphatic carbocycles. The first-order valence-electron chi connectivity index (χ1n) is 8.41. The number of thioether (sulfide) groups is 1. The van der Waals surface area contributed by atoms with Crippen molar-refractivity contribution >= 4 is 41.2 Å². The van der Waals surface area contributed by atoms with Crippen LogP contribution in [0.1, 0.15) is 12.0 Å². The molecule has 27 heavy (non-hydrogen) atoms. The van der Waals surface area contributed by atoms with E-state index in [9.17, 15) is 9.18 Å². The van der Waals surface area contributed by atoms with E-state index in [0.29, 0.717) is 20.5 Å². The summed E-state index contributed by atoms with van der Waals surface area (Å²) in [7, 11) is 0. The van der Waals surface area contributed by atoms with Crippen LogP contribution in [-0.4, -0.2) is 28.0 Å². The van der Waals surface area contributed by atoms with E-state index in [2.05, 4.69) is 22.5 Å². The number of aryl methyl sites for hydroxylation is 1. The minimum atomic E-state index is -0.306. The highest BCUT2D eigenvalue weighted by atomic mass is 32.2. The van der Waals surface area contributed by atoms with Gasteiger partial charge in [0.25, 0.3) is 0 Å². The minimum Gasteiger partial charge on any atom is -0.355 e. The van der Waals surface area contributed by atoms with E-state index < -0.39 is 0 Å². The quantitative estimate of drug-likeness (QED) is 0.328. The van der Waals surface area contributed by atoms with Gasteiger partial charge in [-0.15, -0.1) is 5.10 Å². The number of benzene rings is 2. The molecule has 1 aromatic heterocycles. The van der Waals surface area contributed by atoms with Crippen LogP contribution in [0.3, 0.4) is 0 Å². The van der Waals surface area contributed by atoms with E-state index in [1.165, 1.54) is 40.8 Å². The molecular formula is C19H18FN3OS3. The standard InChI is InChI=1S/C19H18FN3OS3/c20-15-8-10-16(11-9-15)23-19(25)27-18(22-23)26-13-17(24)21-12-4-7-14-5-2-1-3-6-14/h1-3,5-6,8-11H,4,7,12-13H2,(H,21,24). The third-order valence-corrected chi connectivity index (χ3v) is 6.10. The highest BCUT2D eigenvalue weighted by molar-refractivity contribution is 8.01. The van der Waals surface area contributed by atoms with Gasteiger partial charge in [-0.1, -0.05) is 53.4 Å². The Morgan fingerprint density at radius 1 is 1.19 bits per heavy atom. The second-order valence-electron chi connectivity index (χ2n) is 5.75. The van der Waals surface area contributed by atoms with Crippen molar-refractivity contribution in [2.45, 2.75) is 17.2 Å². The van der Waals surface area contributed by atoms with Gasteiger partial charge in [-0.05, 0) is 54.9 Å². The molecule has 140 valence electrons. The van der Waals surface area contributed by atoms with Crippen LogP contribution in [0, 0.1) is 9.77 Å². The van der Waals surface area contributed by atoms with E-state index >= 15 is 0 Å². The number of hydrogen-bond donors (Lipinski definition) is 1. The van der Waals surface area contributed by atoms with Crippen LogP contribution < -0.4 is 5.32 Å². The number of nitrogens with one attached hydrogen (secondary N) is 1. The Morgan fingerprint density at radius 2 is 1.93 bits per heavy atom. The molecule has 0 saturated heterocycles. The van der Waals surface area contributed by atoms with E-state index in [1.807, 2.05) is 18.2 Å². The lowest BCUT2D eigenvalue weighted by Crippen LogP contribution is -2.26. The summed E-state index contributed by atoms with van der Waals surface area (Å²) in [5, 5.41) is 7.33. The Bertz CT molecular complexity index is 939. The third kappa shape index (κ3) is 5.98. The van der Waals surface area contributed by atoms with E-state index in [0.717, 1.165) is 12.8 Å². The predicted molar refractivity (Wildman–Crippen MR) is 111 cm³/mol. The number of hydrogen-bond acceptors (Lipinski definition) is 5. The fourth-order valence-corrected chi connectivity index (χ4v) is 4.60. The lowest BCUT2D eigenvalue weighted by Gasteiger charge is -2.04. The van der Waals surface area contributed by atoms with E-state index in [1.54, 1.807) is 16.8 Å². The molecule has 4 nitrogen and oxygen atoms in total. The van der Waals surface area contributed by atoms with Crippen LogP contribution in [0.25, 0.3) is 5.69 Å². The maximum atomic E-state index is 13.0. The maximum Gasteiger partial charge on any atom is 0.230 e. The van der Waals surface area contributed by atoms with Gasteiger partial charge in [-0.3, -0.25) is 4.79 Å². The summed E-state index contributed by atoms with van der Waals surface area (Å²) >= 11 is 8.00. The van der Waals surface area contributed by atoms with Gasteiger partial charge >= 0.3 is 0 Å². The Hall–Kier alpha value is -2.03. The summed E-state index contributed by atoms with van der Waals surface area (Å²) in [6.45, 7) is 0.647. The molecule has 1 N–H and O–H groups in total. The highest BCUT2D eigenvalue weighted by Crippen LogP contribution is 2.24. The topological polar surface area (TPSA) is 46.9 Å². The van der Waals surface area contributed by atoms with Gasteiger partial charge in [0.15, 0.2) is 8.29 Å². The summed E-state index contributed by atoms with van der Waals surface area (Å²) in [4.78, 5) is 12.0. The van der Waals surface area contributed by atoms with Gasteiger partial charge < -0.3 is 5.32 Å². The molecule has 1 amide bonds. The van der Waals surface area contributed by atoms with Crippen LogP contribution in [-0.2, 0) is 11.2 Å². The maximum absolute atomic E-state index is 13.0. The molecule has 0 unspecified atom stereocenters. The second-order valence-corrected chi connectivity index (χ2v) is 8.59. The number of carbonyl (C=O) groups excluding carboxylic acids is 1. The van der Waals surface area contributed by atoms with Crippen LogP contribution >= 0.6 is 35.3 Å². The number of nitrogens with zero attached hydrogens (tertiary/aromatic N) is 2. The minimum absolute atomic E-state index is 0.0255. The van der Waals surface area contributed by atoms with Gasteiger partial charge in [0.1, 0.15) is 5.82 Å². The Labute approximate surface area is 170 Å². The van der Waals surface area contributed by atoms with E-state index in [4.69, 9.17) is 12.2 Å². The van der Waals surface area contributed by atoms with Crippen LogP contribution in [0.2, 0.25) is 0 Å². The SMILES string of the molecule is O=C(CSc1nn(-c2ccc(F)cc2)c(=S)s1)NCCCc1ccccc1. The van der Waals surface area contributed by atoms with Crippen molar-refractivity contribution in [3.63, 3.8) is 0 Å². The fraction of sp³-hybridized carbons (Fsp3) is 0.211. The molecule has 0 aliphatic heterocycles. The molecule has 1 heterocycles. The van der Waals surface area contributed by atoms with Crippen molar-refractivity contribution < 1.29 is 9.18 Å². The monoisotopic (exact) mass is 419 g/mol. The summed E-state index contributed by atoms with van der Waals surface area (Å²) in [5.41, 5.74) is 1.97. The number of aromatic nitrogens is 2. The molecule has 0 atom stereocenters. The lowest BCUT2D eigenvalue weighted by atomic mass is 10.1. The zero-order valence-electron chi connectivity index (χ0n) is 14.4. The van der Waals surface area contributed by atoms with Crippen molar-refractivity contribution in [2.24, 2.45) is 0 Å². The first-order valence-corrected chi connectivity index (χ1v) is 10.6. The predicted octanol–water partition coefficient (Wildman–Crippen LogP) is 4.64. The van der Waals surface area contributed by atoms with E-state index in [-0.39, 0.29) is 17.5 Å².